The molecule has 0 saturated carbocycles. The summed E-state index contributed by atoms with van der Waals surface area (Å²) in [6.07, 6.45) is 1.76. The Hall–Kier alpha value is -1.84. The van der Waals surface area contributed by atoms with Crippen LogP contribution in [-0.2, 0) is 6.42 Å². The van der Waals surface area contributed by atoms with Crippen molar-refractivity contribution in [2.24, 2.45) is 0 Å². The summed E-state index contributed by atoms with van der Waals surface area (Å²) >= 11 is 6.07. The van der Waals surface area contributed by atoms with Crippen LogP contribution in [0.5, 0.6) is 5.75 Å². The van der Waals surface area contributed by atoms with Crippen molar-refractivity contribution >= 4 is 17.9 Å². The Kier molecular flexibility index (Phi) is 4.19. The molecule has 3 nitrogen and oxygen atoms in total. The van der Waals surface area contributed by atoms with Crippen LogP contribution in [0.25, 0.3) is 0 Å². The van der Waals surface area contributed by atoms with Gasteiger partial charge >= 0.3 is 0 Å². The number of carbonyl (C=O) groups excluding carboxylic acids is 1. The van der Waals surface area contributed by atoms with Gasteiger partial charge in [0, 0.05) is 24.6 Å². The number of halogens is 1. The van der Waals surface area contributed by atoms with Gasteiger partial charge in [0.05, 0.1) is 5.02 Å². The Morgan fingerprint density at radius 2 is 2.00 bits per heavy atom. The maximum Gasteiger partial charge on any atom is 0.150 e. The highest BCUT2D eigenvalue weighted by Crippen LogP contribution is 2.36. The highest BCUT2D eigenvalue weighted by molar-refractivity contribution is 6.32. The smallest absolute Gasteiger partial charge is 0.150 e. The summed E-state index contributed by atoms with van der Waals surface area (Å²) in [6.45, 7) is 1.82. The quantitative estimate of drug-likeness (QED) is 0.863. The fraction of sp³-hybridized carbons (Fsp3) is 0.278. The molecule has 114 valence electrons. The van der Waals surface area contributed by atoms with Crippen LogP contribution in [0.15, 0.2) is 36.4 Å². The van der Waals surface area contributed by atoms with Gasteiger partial charge in [-0.3, -0.25) is 4.79 Å². The van der Waals surface area contributed by atoms with Crippen LogP contribution in [0.1, 0.15) is 33.0 Å². The molecule has 0 aliphatic carbocycles. The molecule has 1 N–H and O–H groups in total. The summed E-state index contributed by atoms with van der Waals surface area (Å²) in [4.78, 5) is 13.1. The Balaban J connectivity index is 2.08. The number of phenolic OH excluding ortho intramolecular Hbond substituents is 1. The fourth-order valence-electron chi connectivity index (χ4n) is 3.06. The van der Waals surface area contributed by atoms with Crippen LogP contribution in [0, 0.1) is 0 Å². The normalized spacial score (nSPS) is 18.5. The van der Waals surface area contributed by atoms with Gasteiger partial charge in [0.25, 0.3) is 0 Å². The number of fused-ring (bicyclic) bond motifs is 1. The van der Waals surface area contributed by atoms with E-state index in [-0.39, 0.29) is 11.7 Å². The Morgan fingerprint density at radius 1 is 1.27 bits per heavy atom. The topological polar surface area (TPSA) is 40.5 Å². The van der Waals surface area contributed by atoms with E-state index in [2.05, 4.69) is 11.9 Å². The van der Waals surface area contributed by atoms with Gasteiger partial charge in [0.1, 0.15) is 12.0 Å². The van der Waals surface area contributed by atoms with Crippen molar-refractivity contribution in [3.8, 4) is 5.75 Å². The van der Waals surface area contributed by atoms with Crippen molar-refractivity contribution in [1.29, 1.82) is 0 Å². The summed E-state index contributed by atoms with van der Waals surface area (Å²) in [5, 5.41) is 10.4. The van der Waals surface area contributed by atoms with E-state index in [0.717, 1.165) is 36.9 Å². The zero-order valence-corrected chi connectivity index (χ0v) is 13.2. The molecule has 0 aromatic heterocycles. The summed E-state index contributed by atoms with van der Waals surface area (Å²) in [5.41, 5.74) is 4.11. The second-order valence-electron chi connectivity index (χ2n) is 5.85. The van der Waals surface area contributed by atoms with E-state index in [1.54, 1.807) is 6.07 Å². The molecular formula is C18H18ClNO2. The molecule has 0 radical (unpaired) electrons. The Labute approximate surface area is 135 Å². The lowest BCUT2D eigenvalue weighted by Crippen LogP contribution is -2.24. The van der Waals surface area contributed by atoms with Gasteiger partial charge in [-0.2, -0.15) is 0 Å². The molecule has 22 heavy (non-hydrogen) atoms. The summed E-state index contributed by atoms with van der Waals surface area (Å²) < 4.78 is 0. The van der Waals surface area contributed by atoms with Crippen molar-refractivity contribution < 1.29 is 9.90 Å². The monoisotopic (exact) mass is 315 g/mol. The highest BCUT2D eigenvalue weighted by atomic mass is 35.5. The zero-order chi connectivity index (χ0) is 15.7. The van der Waals surface area contributed by atoms with Crippen molar-refractivity contribution in [3.63, 3.8) is 0 Å². The van der Waals surface area contributed by atoms with Crippen molar-refractivity contribution in [3.05, 3.63) is 63.7 Å². The van der Waals surface area contributed by atoms with Crippen LogP contribution in [-0.4, -0.2) is 36.4 Å². The number of nitrogens with zero attached hydrogens (tertiary/aromatic N) is 1. The molecule has 1 heterocycles. The van der Waals surface area contributed by atoms with E-state index in [1.165, 1.54) is 5.56 Å². The molecule has 0 saturated heterocycles. The molecule has 0 amide bonds. The van der Waals surface area contributed by atoms with Crippen molar-refractivity contribution in [1.82, 2.24) is 4.90 Å². The number of hydrogen-bond acceptors (Lipinski definition) is 3. The Bertz CT molecular complexity index is 697. The van der Waals surface area contributed by atoms with Gasteiger partial charge in [0.15, 0.2) is 0 Å². The average molecular weight is 316 g/mol. The van der Waals surface area contributed by atoms with Crippen molar-refractivity contribution in [2.75, 3.05) is 20.1 Å². The first kappa shape index (κ1) is 15.1. The van der Waals surface area contributed by atoms with Crippen LogP contribution < -0.4 is 0 Å². The minimum atomic E-state index is 0.125. The fourth-order valence-corrected chi connectivity index (χ4v) is 3.25. The van der Waals surface area contributed by atoms with Gasteiger partial charge in [0.2, 0.25) is 0 Å². The number of likely N-dealkylation sites (N-methyl/N-ethyl adjacent to an activating group) is 1. The minimum Gasteiger partial charge on any atom is -0.506 e. The molecule has 1 aliphatic rings. The molecule has 0 bridgehead atoms. The zero-order valence-electron chi connectivity index (χ0n) is 12.4. The summed E-state index contributed by atoms with van der Waals surface area (Å²) in [7, 11) is 2.10. The molecule has 1 unspecified atom stereocenters. The first-order chi connectivity index (χ1) is 10.6. The predicted octanol–water partition coefficient (Wildman–Crippen LogP) is 3.48. The van der Waals surface area contributed by atoms with Crippen molar-refractivity contribution in [2.45, 2.75) is 12.3 Å². The minimum absolute atomic E-state index is 0.125. The molecule has 0 spiro atoms. The number of aldehydes is 1. The predicted molar refractivity (Wildman–Crippen MR) is 88.0 cm³/mol. The second-order valence-corrected chi connectivity index (χ2v) is 6.26. The molecule has 2 aromatic rings. The van der Waals surface area contributed by atoms with Crippen LogP contribution >= 0.6 is 11.6 Å². The SMILES string of the molecule is CN1CCc2cc(Cl)c(O)cc2C(c2ccc(C=O)cc2)C1. The molecular weight excluding hydrogens is 298 g/mol. The van der Waals surface area contributed by atoms with Gasteiger partial charge in [-0.05, 0) is 42.3 Å². The number of carbonyl (C=O) groups is 1. The lowest BCUT2D eigenvalue weighted by molar-refractivity contribution is 0.112. The molecule has 1 aliphatic heterocycles. The highest BCUT2D eigenvalue weighted by Gasteiger charge is 2.24. The number of hydrogen-bond donors (Lipinski definition) is 1. The standard InChI is InChI=1S/C18H18ClNO2/c1-20-7-6-14-8-17(19)18(22)9-15(14)16(10-20)13-4-2-12(11-21)3-5-13/h2-5,8-9,11,16,22H,6-7,10H2,1H3. The van der Waals surface area contributed by atoms with E-state index < -0.39 is 0 Å². The second kappa shape index (κ2) is 6.11. The lowest BCUT2D eigenvalue weighted by atomic mass is 9.87. The number of rotatable bonds is 2. The largest absolute Gasteiger partial charge is 0.506 e. The van der Waals surface area contributed by atoms with E-state index >= 15 is 0 Å². The van der Waals surface area contributed by atoms with Gasteiger partial charge in [-0.15, -0.1) is 0 Å². The third kappa shape index (κ3) is 2.87. The van der Waals surface area contributed by atoms with Gasteiger partial charge in [-0.25, -0.2) is 0 Å². The number of phenols is 1. The number of aromatic hydroxyl groups is 1. The molecule has 1 atom stereocenters. The molecule has 4 heteroatoms. The van der Waals surface area contributed by atoms with Crippen LogP contribution in [0.4, 0.5) is 0 Å². The maximum atomic E-state index is 10.8. The van der Waals surface area contributed by atoms with E-state index in [4.69, 9.17) is 11.6 Å². The molecule has 0 fully saturated rings. The molecule has 3 rings (SSSR count). The Morgan fingerprint density at radius 3 is 2.68 bits per heavy atom. The third-order valence-electron chi connectivity index (χ3n) is 4.32. The summed E-state index contributed by atoms with van der Waals surface area (Å²) in [6, 6.07) is 11.3. The maximum absolute atomic E-state index is 10.8. The summed E-state index contributed by atoms with van der Waals surface area (Å²) in [5.74, 6) is 0.283. The lowest BCUT2D eigenvalue weighted by Gasteiger charge is -2.22. The van der Waals surface area contributed by atoms with E-state index in [0.29, 0.717) is 10.6 Å². The van der Waals surface area contributed by atoms with Gasteiger partial charge < -0.3 is 10.0 Å². The first-order valence-electron chi connectivity index (χ1n) is 7.33. The van der Waals surface area contributed by atoms with E-state index in [9.17, 15) is 9.90 Å². The average Bonchev–Trinajstić information content (AvgIpc) is 2.68. The molecule has 2 aromatic carbocycles. The van der Waals surface area contributed by atoms with Gasteiger partial charge in [-0.1, -0.05) is 35.9 Å². The van der Waals surface area contributed by atoms with E-state index in [1.807, 2.05) is 30.3 Å². The third-order valence-corrected chi connectivity index (χ3v) is 4.62. The number of benzene rings is 2. The van der Waals surface area contributed by atoms with Crippen LogP contribution in [0.2, 0.25) is 5.02 Å². The van der Waals surface area contributed by atoms with Crippen LogP contribution in [0.3, 0.4) is 0 Å². The first-order valence-corrected chi connectivity index (χ1v) is 7.71.